The molecule has 78 valence electrons. The van der Waals surface area contributed by atoms with Crippen LogP contribution < -0.4 is 5.73 Å². The number of benzene rings is 1. The van der Waals surface area contributed by atoms with Crippen molar-refractivity contribution in [3.63, 3.8) is 0 Å². The van der Waals surface area contributed by atoms with Crippen LogP contribution in [-0.4, -0.2) is 9.78 Å². The number of hydrogen-bond donors (Lipinski definition) is 1. The van der Waals surface area contributed by atoms with Crippen LogP contribution in [0.4, 0.5) is 10.2 Å². The summed E-state index contributed by atoms with van der Waals surface area (Å²) in [6, 6.07) is 6.56. The summed E-state index contributed by atoms with van der Waals surface area (Å²) in [6.07, 6.45) is 1.63. The second-order valence-corrected chi connectivity index (χ2v) is 4.02. The van der Waals surface area contributed by atoms with E-state index in [4.69, 9.17) is 5.73 Å². The lowest BCUT2D eigenvalue weighted by atomic mass is 10.2. The van der Waals surface area contributed by atoms with Crippen molar-refractivity contribution in [1.29, 1.82) is 0 Å². The summed E-state index contributed by atoms with van der Waals surface area (Å²) < 4.78 is 15.1. The third-order valence-corrected chi connectivity index (χ3v) is 2.67. The van der Waals surface area contributed by atoms with Gasteiger partial charge in [-0.3, -0.25) is 0 Å². The smallest absolute Gasteiger partial charge is 0.137 e. The lowest BCUT2D eigenvalue weighted by molar-refractivity contribution is 0.618. The number of nitrogen functional groups attached to an aromatic ring is 1. The fourth-order valence-electron chi connectivity index (χ4n) is 1.29. The molecule has 2 N–H and O–H groups in total. The second-order valence-electron chi connectivity index (χ2n) is 3.16. The molecule has 1 aromatic carbocycles. The van der Waals surface area contributed by atoms with Crippen LogP contribution in [0.5, 0.6) is 0 Å². The van der Waals surface area contributed by atoms with Gasteiger partial charge in [0.15, 0.2) is 0 Å². The fraction of sp³-hybridized carbons (Fsp3) is 0.100. The first-order valence-electron chi connectivity index (χ1n) is 4.38. The van der Waals surface area contributed by atoms with Gasteiger partial charge in [-0.15, -0.1) is 0 Å². The zero-order valence-electron chi connectivity index (χ0n) is 7.82. The summed E-state index contributed by atoms with van der Waals surface area (Å²) in [4.78, 5) is 0. The molecule has 0 unspecified atom stereocenters. The maximum atomic E-state index is 13.0. The number of halogens is 2. The van der Waals surface area contributed by atoms with E-state index < -0.39 is 0 Å². The minimum Gasteiger partial charge on any atom is -0.384 e. The van der Waals surface area contributed by atoms with E-state index in [-0.39, 0.29) is 5.82 Å². The number of nitrogens with two attached hydrogens (primary N) is 1. The standard InChI is InChI=1S/C10H9BrFN3/c11-8-5-7(1-2-9(8)12)6-15-10(13)3-4-14-15/h1-5H,6,13H2. The van der Waals surface area contributed by atoms with Gasteiger partial charge in [-0.1, -0.05) is 6.07 Å². The van der Waals surface area contributed by atoms with Crippen molar-refractivity contribution in [2.45, 2.75) is 6.54 Å². The lowest BCUT2D eigenvalue weighted by Gasteiger charge is -2.05. The van der Waals surface area contributed by atoms with Gasteiger partial charge >= 0.3 is 0 Å². The summed E-state index contributed by atoms with van der Waals surface area (Å²) in [5, 5.41) is 4.05. The first-order valence-corrected chi connectivity index (χ1v) is 5.17. The molecule has 3 nitrogen and oxygen atoms in total. The lowest BCUT2D eigenvalue weighted by Crippen LogP contribution is -2.05. The highest BCUT2D eigenvalue weighted by atomic mass is 79.9. The van der Waals surface area contributed by atoms with Gasteiger partial charge in [-0.2, -0.15) is 5.10 Å². The number of nitrogens with zero attached hydrogens (tertiary/aromatic N) is 2. The van der Waals surface area contributed by atoms with Gasteiger partial charge in [0.1, 0.15) is 11.6 Å². The summed E-state index contributed by atoms with van der Waals surface area (Å²) in [6.45, 7) is 0.539. The van der Waals surface area contributed by atoms with E-state index in [0.717, 1.165) is 5.56 Å². The van der Waals surface area contributed by atoms with Gasteiger partial charge in [-0.05, 0) is 39.7 Å². The number of rotatable bonds is 2. The SMILES string of the molecule is Nc1ccnn1Cc1ccc(F)c(Br)c1. The zero-order valence-corrected chi connectivity index (χ0v) is 9.41. The maximum Gasteiger partial charge on any atom is 0.137 e. The number of hydrogen-bond acceptors (Lipinski definition) is 2. The normalized spacial score (nSPS) is 10.5. The van der Waals surface area contributed by atoms with Crippen molar-refractivity contribution >= 4 is 21.7 Å². The molecule has 0 radical (unpaired) electrons. The summed E-state index contributed by atoms with van der Waals surface area (Å²) >= 11 is 3.13. The zero-order chi connectivity index (χ0) is 10.8. The molecule has 0 bridgehead atoms. The van der Waals surface area contributed by atoms with E-state index in [0.29, 0.717) is 16.8 Å². The molecule has 0 saturated carbocycles. The minimum absolute atomic E-state index is 0.271. The Morgan fingerprint density at radius 3 is 2.80 bits per heavy atom. The van der Waals surface area contributed by atoms with Gasteiger partial charge < -0.3 is 5.73 Å². The Hall–Kier alpha value is -1.36. The molecular weight excluding hydrogens is 261 g/mol. The van der Waals surface area contributed by atoms with E-state index in [2.05, 4.69) is 21.0 Å². The average Bonchev–Trinajstić information content (AvgIpc) is 2.59. The van der Waals surface area contributed by atoms with Crippen LogP contribution in [-0.2, 0) is 6.54 Å². The third kappa shape index (κ3) is 2.18. The van der Waals surface area contributed by atoms with E-state index in [1.54, 1.807) is 29.1 Å². The van der Waals surface area contributed by atoms with Crippen LogP contribution >= 0.6 is 15.9 Å². The highest BCUT2D eigenvalue weighted by Gasteiger charge is 2.03. The van der Waals surface area contributed by atoms with Crippen LogP contribution in [0.15, 0.2) is 34.9 Å². The monoisotopic (exact) mass is 269 g/mol. The largest absolute Gasteiger partial charge is 0.384 e. The van der Waals surface area contributed by atoms with Crippen LogP contribution in [0.3, 0.4) is 0 Å². The molecule has 1 aromatic heterocycles. The highest BCUT2D eigenvalue weighted by Crippen LogP contribution is 2.17. The quantitative estimate of drug-likeness (QED) is 0.910. The molecule has 5 heteroatoms. The third-order valence-electron chi connectivity index (χ3n) is 2.07. The molecule has 0 saturated heterocycles. The Bertz CT molecular complexity index is 481. The molecule has 2 aromatic rings. The Morgan fingerprint density at radius 2 is 2.20 bits per heavy atom. The van der Waals surface area contributed by atoms with Crippen molar-refractivity contribution in [3.05, 3.63) is 46.3 Å². The maximum absolute atomic E-state index is 13.0. The minimum atomic E-state index is -0.271. The average molecular weight is 270 g/mol. The van der Waals surface area contributed by atoms with E-state index in [9.17, 15) is 4.39 Å². The highest BCUT2D eigenvalue weighted by molar-refractivity contribution is 9.10. The Labute approximate surface area is 94.8 Å². The molecule has 15 heavy (non-hydrogen) atoms. The van der Waals surface area contributed by atoms with Gasteiger partial charge in [0, 0.05) is 0 Å². The van der Waals surface area contributed by atoms with E-state index in [1.807, 2.05) is 0 Å². The Kier molecular flexibility index (Phi) is 2.73. The fourth-order valence-corrected chi connectivity index (χ4v) is 1.71. The van der Waals surface area contributed by atoms with Crippen LogP contribution in [0.2, 0.25) is 0 Å². The summed E-state index contributed by atoms with van der Waals surface area (Å²) in [7, 11) is 0. The van der Waals surface area contributed by atoms with Gasteiger partial charge in [-0.25, -0.2) is 9.07 Å². The molecule has 0 spiro atoms. The summed E-state index contributed by atoms with van der Waals surface area (Å²) in [5.74, 6) is 0.322. The van der Waals surface area contributed by atoms with E-state index >= 15 is 0 Å². The first-order chi connectivity index (χ1) is 7.16. The van der Waals surface area contributed by atoms with Gasteiger partial charge in [0.05, 0.1) is 17.2 Å². The van der Waals surface area contributed by atoms with Crippen molar-refractivity contribution in [3.8, 4) is 0 Å². The molecule has 2 rings (SSSR count). The molecule has 0 aliphatic rings. The van der Waals surface area contributed by atoms with Crippen molar-refractivity contribution in [2.75, 3.05) is 5.73 Å². The first kappa shape index (κ1) is 10.2. The number of aromatic nitrogens is 2. The van der Waals surface area contributed by atoms with Crippen molar-refractivity contribution < 1.29 is 4.39 Å². The molecule has 1 heterocycles. The van der Waals surface area contributed by atoms with Crippen LogP contribution in [0, 0.1) is 5.82 Å². The molecule has 0 aliphatic carbocycles. The molecular formula is C10H9BrFN3. The van der Waals surface area contributed by atoms with Crippen LogP contribution in [0.25, 0.3) is 0 Å². The Balaban J connectivity index is 2.25. The number of anilines is 1. The molecule has 0 amide bonds. The van der Waals surface area contributed by atoms with Crippen LogP contribution in [0.1, 0.15) is 5.56 Å². The van der Waals surface area contributed by atoms with Gasteiger partial charge in [0.2, 0.25) is 0 Å². The summed E-state index contributed by atoms with van der Waals surface area (Å²) in [5.41, 5.74) is 6.61. The second kappa shape index (κ2) is 4.02. The van der Waals surface area contributed by atoms with Crippen molar-refractivity contribution in [1.82, 2.24) is 9.78 Å². The predicted molar refractivity (Wildman–Crippen MR) is 59.8 cm³/mol. The van der Waals surface area contributed by atoms with Gasteiger partial charge in [0.25, 0.3) is 0 Å². The molecule has 0 fully saturated rings. The predicted octanol–water partition coefficient (Wildman–Crippen LogP) is 2.42. The Morgan fingerprint density at radius 1 is 1.40 bits per heavy atom. The topological polar surface area (TPSA) is 43.8 Å². The molecule has 0 atom stereocenters. The molecule has 0 aliphatic heterocycles. The van der Waals surface area contributed by atoms with E-state index in [1.165, 1.54) is 6.07 Å². The van der Waals surface area contributed by atoms with Crippen molar-refractivity contribution in [2.24, 2.45) is 0 Å².